The van der Waals surface area contributed by atoms with Crippen molar-refractivity contribution in [1.82, 2.24) is 0 Å². The Hall–Kier alpha value is -1.32. The van der Waals surface area contributed by atoms with Crippen molar-refractivity contribution in [2.45, 2.75) is 19.3 Å². The highest BCUT2D eigenvalue weighted by molar-refractivity contribution is 5.86. The van der Waals surface area contributed by atoms with Gasteiger partial charge in [0.15, 0.2) is 0 Å². The van der Waals surface area contributed by atoms with Gasteiger partial charge in [0, 0.05) is 6.42 Å². The number of benzene rings is 1. The van der Waals surface area contributed by atoms with E-state index in [1.165, 1.54) is 0 Å². The fraction of sp³-hybridized carbons (Fsp3) is 0.500. The molecule has 18 heavy (non-hydrogen) atoms. The third-order valence-corrected chi connectivity index (χ3v) is 3.22. The number of ketones is 1. The maximum atomic E-state index is 12.7. The van der Waals surface area contributed by atoms with Crippen LogP contribution in [-0.4, -0.2) is 25.8 Å². The Morgan fingerprint density at radius 2 is 1.61 bits per heavy atom. The average Bonchev–Trinajstić information content (AvgIpc) is 2.42. The van der Waals surface area contributed by atoms with Crippen molar-refractivity contribution in [1.29, 1.82) is 0 Å². The van der Waals surface area contributed by atoms with Crippen molar-refractivity contribution >= 4 is 5.78 Å². The van der Waals surface area contributed by atoms with E-state index >= 15 is 0 Å². The molecular formula is C14H17F3O. The van der Waals surface area contributed by atoms with Gasteiger partial charge < -0.3 is 0 Å². The first-order valence-electron chi connectivity index (χ1n) is 5.86. The van der Waals surface area contributed by atoms with E-state index in [0.29, 0.717) is 0 Å². The van der Waals surface area contributed by atoms with Gasteiger partial charge in [0.25, 0.3) is 0 Å². The van der Waals surface area contributed by atoms with Gasteiger partial charge in [0.2, 0.25) is 0 Å². The molecule has 1 unspecified atom stereocenters. The zero-order valence-corrected chi connectivity index (χ0v) is 10.3. The Balaban J connectivity index is 2.75. The summed E-state index contributed by atoms with van der Waals surface area (Å²) in [7, 11) is 0. The summed E-state index contributed by atoms with van der Waals surface area (Å²) in [6.07, 6.45) is -0.0538. The van der Waals surface area contributed by atoms with Gasteiger partial charge in [-0.3, -0.25) is 4.79 Å². The highest BCUT2D eigenvalue weighted by atomic mass is 19.1. The fourth-order valence-corrected chi connectivity index (χ4v) is 1.72. The lowest BCUT2D eigenvalue weighted by Crippen LogP contribution is -2.38. The van der Waals surface area contributed by atoms with Gasteiger partial charge in [0.1, 0.15) is 31.2 Å². The highest BCUT2D eigenvalue weighted by Crippen LogP contribution is 2.28. The van der Waals surface area contributed by atoms with Crippen molar-refractivity contribution in [3.8, 4) is 0 Å². The number of carbonyl (C=O) groups is 1. The summed E-state index contributed by atoms with van der Waals surface area (Å²) in [5.41, 5.74) is -1.19. The zero-order chi connectivity index (χ0) is 13.6. The van der Waals surface area contributed by atoms with E-state index in [2.05, 4.69) is 0 Å². The Morgan fingerprint density at radius 1 is 1.11 bits per heavy atom. The molecule has 1 aromatic rings. The number of carbonyl (C=O) groups excluding carboxylic acids is 1. The summed E-state index contributed by atoms with van der Waals surface area (Å²) >= 11 is 0. The van der Waals surface area contributed by atoms with Crippen LogP contribution in [0.25, 0.3) is 0 Å². The number of Topliss-reactive ketones (excluding diaryl/α,β-unsaturated/α-hetero) is 1. The number of halogens is 3. The largest absolute Gasteiger partial charge is 0.299 e. The molecule has 0 saturated heterocycles. The van der Waals surface area contributed by atoms with Gasteiger partial charge >= 0.3 is 0 Å². The SMILES string of the molecule is CC(CC(=O)C(CF)(CF)CF)c1ccccc1. The maximum Gasteiger partial charge on any atom is 0.147 e. The molecule has 0 aliphatic heterocycles. The van der Waals surface area contributed by atoms with Crippen LogP contribution in [0.5, 0.6) is 0 Å². The van der Waals surface area contributed by atoms with Crippen LogP contribution >= 0.6 is 0 Å². The molecule has 4 heteroatoms. The third kappa shape index (κ3) is 3.12. The minimum atomic E-state index is -2.09. The predicted molar refractivity (Wildman–Crippen MR) is 64.8 cm³/mol. The van der Waals surface area contributed by atoms with E-state index in [9.17, 15) is 18.0 Å². The highest BCUT2D eigenvalue weighted by Gasteiger charge is 2.39. The summed E-state index contributed by atoms with van der Waals surface area (Å²) in [5, 5.41) is 0. The molecule has 1 atom stereocenters. The van der Waals surface area contributed by atoms with Crippen LogP contribution in [0.4, 0.5) is 13.2 Å². The van der Waals surface area contributed by atoms with Gasteiger partial charge in [-0.15, -0.1) is 0 Å². The van der Waals surface area contributed by atoms with Crippen LogP contribution in [0.3, 0.4) is 0 Å². The molecule has 0 aliphatic rings. The molecule has 0 saturated carbocycles. The molecule has 1 aromatic carbocycles. The molecule has 0 N–H and O–H groups in total. The van der Waals surface area contributed by atoms with E-state index in [-0.39, 0.29) is 12.3 Å². The molecule has 0 aliphatic carbocycles. The summed E-state index contributed by atoms with van der Waals surface area (Å²) in [6.45, 7) is -2.09. The molecule has 0 fully saturated rings. The fourth-order valence-electron chi connectivity index (χ4n) is 1.72. The second-order valence-corrected chi connectivity index (χ2v) is 4.62. The third-order valence-electron chi connectivity index (χ3n) is 3.22. The molecule has 1 rings (SSSR count). The second kappa shape index (κ2) is 6.57. The molecule has 0 heterocycles. The van der Waals surface area contributed by atoms with Gasteiger partial charge in [-0.05, 0) is 11.5 Å². The first-order chi connectivity index (χ1) is 8.59. The van der Waals surface area contributed by atoms with Gasteiger partial charge in [-0.25, -0.2) is 13.2 Å². The standard InChI is InChI=1S/C14H17F3O/c1-11(12-5-3-2-4-6-12)7-13(18)14(8-15,9-16)10-17/h2-6,11H,7-10H2,1H3. The molecule has 0 amide bonds. The number of hydrogen-bond acceptors (Lipinski definition) is 1. The van der Waals surface area contributed by atoms with Gasteiger partial charge in [-0.1, -0.05) is 37.3 Å². The lowest BCUT2D eigenvalue weighted by molar-refractivity contribution is -0.132. The van der Waals surface area contributed by atoms with E-state index in [4.69, 9.17) is 0 Å². The van der Waals surface area contributed by atoms with Crippen molar-refractivity contribution in [3.63, 3.8) is 0 Å². The van der Waals surface area contributed by atoms with E-state index in [0.717, 1.165) is 5.56 Å². The predicted octanol–water partition coefficient (Wildman–Crippen LogP) is 3.64. The van der Waals surface area contributed by atoms with Crippen molar-refractivity contribution in [2.24, 2.45) is 5.41 Å². The Bertz CT molecular complexity index is 366. The molecule has 0 radical (unpaired) electrons. The van der Waals surface area contributed by atoms with Crippen LogP contribution in [0.1, 0.15) is 24.8 Å². The molecule has 1 nitrogen and oxygen atoms in total. The first kappa shape index (κ1) is 14.7. The van der Waals surface area contributed by atoms with Gasteiger partial charge in [-0.2, -0.15) is 0 Å². The van der Waals surface area contributed by atoms with Crippen LogP contribution in [0.2, 0.25) is 0 Å². The Labute approximate surface area is 105 Å². The number of alkyl halides is 3. The van der Waals surface area contributed by atoms with Crippen LogP contribution in [-0.2, 0) is 4.79 Å². The molecule has 0 aromatic heterocycles. The molecule has 0 bridgehead atoms. The minimum Gasteiger partial charge on any atom is -0.299 e. The van der Waals surface area contributed by atoms with E-state index in [1.54, 1.807) is 6.92 Å². The number of rotatable bonds is 7. The topological polar surface area (TPSA) is 17.1 Å². The Kier molecular flexibility index (Phi) is 5.38. The van der Waals surface area contributed by atoms with E-state index < -0.39 is 31.2 Å². The Morgan fingerprint density at radius 3 is 2.06 bits per heavy atom. The summed E-state index contributed by atoms with van der Waals surface area (Å²) in [4.78, 5) is 11.8. The van der Waals surface area contributed by atoms with Crippen LogP contribution < -0.4 is 0 Å². The summed E-state index contributed by atoms with van der Waals surface area (Å²) in [6, 6.07) is 9.15. The lowest BCUT2D eigenvalue weighted by atomic mass is 9.81. The van der Waals surface area contributed by atoms with Crippen LogP contribution in [0, 0.1) is 5.41 Å². The monoisotopic (exact) mass is 258 g/mol. The van der Waals surface area contributed by atoms with Crippen molar-refractivity contribution < 1.29 is 18.0 Å². The lowest BCUT2D eigenvalue weighted by Gasteiger charge is -2.24. The van der Waals surface area contributed by atoms with Crippen molar-refractivity contribution in [3.05, 3.63) is 35.9 Å². The van der Waals surface area contributed by atoms with E-state index in [1.807, 2.05) is 30.3 Å². The smallest absolute Gasteiger partial charge is 0.147 e. The zero-order valence-electron chi connectivity index (χ0n) is 10.3. The van der Waals surface area contributed by atoms with Crippen LogP contribution in [0.15, 0.2) is 30.3 Å². The van der Waals surface area contributed by atoms with Gasteiger partial charge in [0.05, 0.1) is 0 Å². The maximum absolute atomic E-state index is 12.7. The second-order valence-electron chi connectivity index (χ2n) is 4.62. The van der Waals surface area contributed by atoms with Crippen molar-refractivity contribution in [2.75, 3.05) is 20.0 Å². The normalized spacial score (nSPS) is 13.3. The first-order valence-corrected chi connectivity index (χ1v) is 5.86. The molecular weight excluding hydrogens is 241 g/mol. The molecule has 0 spiro atoms. The molecule has 100 valence electrons. The quantitative estimate of drug-likeness (QED) is 0.729. The summed E-state index contributed by atoms with van der Waals surface area (Å²) < 4.78 is 38.1. The average molecular weight is 258 g/mol. The minimum absolute atomic E-state index is 0.0538. The number of hydrogen-bond donors (Lipinski definition) is 0. The summed E-state index contributed by atoms with van der Waals surface area (Å²) in [5.74, 6) is -0.867.